The summed E-state index contributed by atoms with van der Waals surface area (Å²) in [6.07, 6.45) is 4.53. The third kappa shape index (κ3) is 5.84. The minimum absolute atomic E-state index is 0.0839. The monoisotopic (exact) mass is 512 g/mol. The molecule has 2 heterocycles. The number of aromatic nitrogens is 4. The van der Waals surface area contributed by atoms with Gasteiger partial charge in [-0.15, -0.1) is 16.4 Å². The number of benzene rings is 2. The second-order valence-corrected chi connectivity index (χ2v) is 11.3. The van der Waals surface area contributed by atoms with E-state index in [2.05, 4.69) is 20.6 Å². The van der Waals surface area contributed by atoms with Gasteiger partial charge in [-0.3, -0.25) is 4.79 Å². The van der Waals surface area contributed by atoms with Gasteiger partial charge in [0.2, 0.25) is 10.2 Å². The van der Waals surface area contributed by atoms with Crippen molar-refractivity contribution in [3.63, 3.8) is 0 Å². The van der Waals surface area contributed by atoms with Crippen LogP contribution in [0.3, 0.4) is 0 Å². The number of ether oxygens (including phenoxy) is 1. The Morgan fingerprint density at radius 2 is 2.03 bits per heavy atom. The van der Waals surface area contributed by atoms with Crippen LogP contribution in [0.15, 0.2) is 59.1 Å². The fourth-order valence-corrected chi connectivity index (χ4v) is 5.30. The number of carbonyl (C=O) groups excluding carboxylic acids is 1. The van der Waals surface area contributed by atoms with Gasteiger partial charge in [-0.05, 0) is 42.5 Å². The lowest BCUT2D eigenvalue weighted by atomic mass is 10.1. The summed E-state index contributed by atoms with van der Waals surface area (Å²) in [5, 5.41) is 16.6. The van der Waals surface area contributed by atoms with Crippen molar-refractivity contribution in [1.82, 2.24) is 25.3 Å². The second kappa shape index (κ2) is 9.72. The predicted octanol–water partition coefficient (Wildman–Crippen LogP) is 2.42. The first-order chi connectivity index (χ1) is 16.8. The van der Waals surface area contributed by atoms with E-state index >= 15 is 0 Å². The molecule has 182 valence electrons. The van der Waals surface area contributed by atoms with Gasteiger partial charge in [0.1, 0.15) is 24.1 Å². The molecule has 1 saturated carbocycles. The van der Waals surface area contributed by atoms with E-state index in [0.717, 1.165) is 29.7 Å². The number of nitrogens with two attached hydrogens (primary N) is 1. The number of sulfonamides is 1. The molecular formula is C23H24N6O4S2. The zero-order valence-electron chi connectivity index (χ0n) is 18.7. The standard InChI is InChI=1S/C23H24N6O4S2/c24-35(31,32)23-26-19-9-8-18(11-21(19)34-23)33-14-17-13-29(28-27-17)20(10-15-4-2-1-3-5-15)22(30)25-12-16-6-7-16/h1-5,8-9,11,13,16,20H,6-7,10,12,14H2,(H,25,30)(H2,24,31,32). The van der Waals surface area contributed by atoms with Crippen LogP contribution in [-0.2, 0) is 27.8 Å². The Hall–Kier alpha value is -3.35. The smallest absolute Gasteiger partial charge is 0.265 e. The minimum Gasteiger partial charge on any atom is -0.487 e. The Labute approximate surface area is 206 Å². The van der Waals surface area contributed by atoms with E-state index in [1.807, 2.05) is 30.3 Å². The zero-order valence-corrected chi connectivity index (χ0v) is 20.3. The van der Waals surface area contributed by atoms with Gasteiger partial charge in [-0.1, -0.05) is 35.5 Å². The Bertz CT molecular complexity index is 1450. The molecule has 1 atom stereocenters. The molecule has 1 aliphatic rings. The number of amides is 1. The summed E-state index contributed by atoms with van der Waals surface area (Å²) in [5.41, 5.74) is 2.12. The van der Waals surface area contributed by atoms with Gasteiger partial charge in [0, 0.05) is 13.0 Å². The first-order valence-corrected chi connectivity index (χ1v) is 13.5. The van der Waals surface area contributed by atoms with E-state index in [1.54, 1.807) is 29.1 Å². The van der Waals surface area contributed by atoms with Crippen LogP contribution in [-0.4, -0.2) is 40.8 Å². The highest BCUT2D eigenvalue weighted by molar-refractivity contribution is 7.91. The van der Waals surface area contributed by atoms with E-state index in [-0.39, 0.29) is 16.9 Å². The fourth-order valence-electron chi connectivity index (χ4n) is 3.61. The van der Waals surface area contributed by atoms with Crippen LogP contribution < -0.4 is 15.2 Å². The third-order valence-corrected chi connectivity index (χ3v) is 8.02. The van der Waals surface area contributed by atoms with Crippen LogP contribution in [0.2, 0.25) is 0 Å². The van der Waals surface area contributed by atoms with Gasteiger partial charge in [0.25, 0.3) is 10.0 Å². The molecule has 2 aromatic heterocycles. The molecule has 2 aromatic carbocycles. The summed E-state index contributed by atoms with van der Waals surface area (Å²) in [4.78, 5) is 17.0. The van der Waals surface area contributed by atoms with Crippen LogP contribution >= 0.6 is 11.3 Å². The normalized spacial score (nSPS) is 14.7. The van der Waals surface area contributed by atoms with Crippen molar-refractivity contribution in [3.8, 4) is 5.75 Å². The highest BCUT2D eigenvalue weighted by atomic mass is 32.2. The molecule has 5 rings (SSSR count). The van der Waals surface area contributed by atoms with Gasteiger partial charge >= 0.3 is 0 Å². The van der Waals surface area contributed by atoms with Gasteiger partial charge in [0.05, 0.1) is 16.4 Å². The molecule has 1 fully saturated rings. The number of rotatable bonds is 10. The molecule has 35 heavy (non-hydrogen) atoms. The van der Waals surface area contributed by atoms with Crippen LogP contribution in [0.25, 0.3) is 10.2 Å². The van der Waals surface area contributed by atoms with Crippen molar-refractivity contribution in [2.45, 2.75) is 36.3 Å². The van der Waals surface area contributed by atoms with Gasteiger partial charge in [-0.2, -0.15) is 0 Å². The molecule has 0 bridgehead atoms. The summed E-state index contributed by atoms with van der Waals surface area (Å²) >= 11 is 0.983. The molecule has 12 heteroatoms. The first kappa shape index (κ1) is 23.4. The lowest BCUT2D eigenvalue weighted by molar-refractivity contribution is -0.124. The third-order valence-electron chi connectivity index (χ3n) is 5.68. The number of thiazole rings is 1. The Balaban J connectivity index is 1.28. The number of carbonyl (C=O) groups is 1. The maximum absolute atomic E-state index is 13.0. The second-order valence-electron chi connectivity index (χ2n) is 8.53. The topological polar surface area (TPSA) is 142 Å². The van der Waals surface area contributed by atoms with Crippen molar-refractivity contribution >= 4 is 37.5 Å². The van der Waals surface area contributed by atoms with E-state index in [4.69, 9.17) is 9.88 Å². The van der Waals surface area contributed by atoms with Crippen molar-refractivity contribution in [3.05, 3.63) is 66.0 Å². The van der Waals surface area contributed by atoms with Gasteiger partial charge in [0.15, 0.2) is 0 Å². The Kier molecular flexibility index (Phi) is 6.50. The maximum atomic E-state index is 13.0. The number of hydrogen-bond donors (Lipinski definition) is 2. The minimum atomic E-state index is -3.86. The van der Waals surface area contributed by atoms with Crippen molar-refractivity contribution in [1.29, 1.82) is 0 Å². The van der Waals surface area contributed by atoms with E-state index in [9.17, 15) is 13.2 Å². The average Bonchev–Trinajstić information content (AvgIpc) is 3.37. The van der Waals surface area contributed by atoms with E-state index in [0.29, 0.717) is 40.5 Å². The number of fused-ring (bicyclic) bond motifs is 1. The number of nitrogens with zero attached hydrogens (tertiary/aromatic N) is 4. The predicted molar refractivity (Wildman–Crippen MR) is 130 cm³/mol. The number of nitrogens with one attached hydrogen (secondary N) is 1. The van der Waals surface area contributed by atoms with Crippen LogP contribution in [0.1, 0.15) is 30.1 Å². The molecule has 4 aromatic rings. The highest BCUT2D eigenvalue weighted by Crippen LogP contribution is 2.29. The first-order valence-electron chi connectivity index (χ1n) is 11.1. The number of hydrogen-bond acceptors (Lipinski definition) is 8. The Morgan fingerprint density at radius 1 is 1.23 bits per heavy atom. The zero-order chi connectivity index (χ0) is 24.4. The van der Waals surface area contributed by atoms with Crippen LogP contribution in [0.4, 0.5) is 0 Å². The lowest BCUT2D eigenvalue weighted by Gasteiger charge is -2.17. The number of primary sulfonamides is 1. The van der Waals surface area contributed by atoms with Gasteiger partial charge in [-0.25, -0.2) is 23.2 Å². The van der Waals surface area contributed by atoms with Crippen LogP contribution in [0, 0.1) is 5.92 Å². The molecule has 0 spiro atoms. The Morgan fingerprint density at radius 3 is 2.77 bits per heavy atom. The van der Waals surface area contributed by atoms with Crippen molar-refractivity contribution < 1.29 is 17.9 Å². The molecule has 3 N–H and O–H groups in total. The maximum Gasteiger partial charge on any atom is 0.265 e. The summed E-state index contributed by atoms with van der Waals surface area (Å²) in [6, 6.07) is 14.4. The SMILES string of the molecule is NS(=O)(=O)c1nc2ccc(OCc3cn(C(Cc4ccccc4)C(=O)NCC4CC4)nn3)cc2s1. The van der Waals surface area contributed by atoms with E-state index < -0.39 is 16.1 Å². The van der Waals surface area contributed by atoms with Gasteiger partial charge < -0.3 is 10.1 Å². The van der Waals surface area contributed by atoms with Crippen molar-refractivity contribution in [2.75, 3.05) is 6.54 Å². The summed E-state index contributed by atoms with van der Waals surface area (Å²) in [5.74, 6) is 1.02. The quantitative estimate of drug-likeness (QED) is 0.332. The molecular weight excluding hydrogens is 488 g/mol. The largest absolute Gasteiger partial charge is 0.487 e. The molecule has 0 saturated heterocycles. The van der Waals surface area contributed by atoms with Crippen molar-refractivity contribution in [2.24, 2.45) is 11.1 Å². The summed E-state index contributed by atoms with van der Waals surface area (Å²) < 4.78 is 31.0. The molecule has 0 aliphatic heterocycles. The highest BCUT2D eigenvalue weighted by Gasteiger charge is 2.26. The van der Waals surface area contributed by atoms with Crippen LogP contribution in [0.5, 0.6) is 5.75 Å². The summed E-state index contributed by atoms with van der Waals surface area (Å²) in [6.45, 7) is 0.816. The fraction of sp³-hybridized carbons (Fsp3) is 0.304. The molecule has 0 radical (unpaired) electrons. The lowest BCUT2D eigenvalue weighted by Crippen LogP contribution is -2.35. The molecule has 1 aliphatic carbocycles. The average molecular weight is 513 g/mol. The molecule has 10 nitrogen and oxygen atoms in total. The molecule has 1 amide bonds. The van der Waals surface area contributed by atoms with E-state index in [1.165, 1.54) is 0 Å². The molecule has 1 unspecified atom stereocenters. The summed E-state index contributed by atoms with van der Waals surface area (Å²) in [7, 11) is -3.86.